The number of piperidine rings is 2. The molecule has 2 aromatic carbocycles. The number of nitrogens with one attached hydrogen (secondary N) is 1. The van der Waals surface area contributed by atoms with Gasteiger partial charge < -0.3 is 19.7 Å². The Morgan fingerprint density at radius 2 is 1.71 bits per heavy atom. The number of amides is 2. The number of likely N-dealkylation sites (tertiary alicyclic amines) is 1. The molecule has 2 saturated heterocycles. The van der Waals surface area contributed by atoms with Gasteiger partial charge >= 0.3 is 12.8 Å². The van der Waals surface area contributed by atoms with E-state index in [4.69, 9.17) is 9.47 Å². The van der Waals surface area contributed by atoms with Crippen LogP contribution in [0.4, 0.5) is 22.0 Å². The molecule has 2 atom stereocenters. The molecule has 0 saturated carbocycles. The summed E-state index contributed by atoms with van der Waals surface area (Å²) < 4.78 is 79.9. The second kappa shape index (κ2) is 10.9. The normalized spacial score (nSPS) is 21.2. The van der Waals surface area contributed by atoms with E-state index in [0.717, 1.165) is 4.90 Å². The first kappa shape index (κ1) is 27.8. The van der Waals surface area contributed by atoms with Gasteiger partial charge in [0.15, 0.2) is 0 Å². The molecule has 1 unspecified atom stereocenters. The SMILES string of the molecule is CCO[C@@](C(=O)N1CCC2(CC1)CC(=O)NCC2c1ccccc1OC(F)F)(c1ccccc1)C(F)(F)F. The highest BCUT2D eigenvalue weighted by molar-refractivity contribution is 5.88. The van der Waals surface area contributed by atoms with Crippen LogP contribution < -0.4 is 10.1 Å². The Bertz CT molecular complexity index is 1140. The third-order valence-corrected chi connectivity index (χ3v) is 7.55. The van der Waals surface area contributed by atoms with Crippen molar-refractivity contribution in [3.8, 4) is 5.75 Å². The van der Waals surface area contributed by atoms with Crippen LogP contribution in [0.3, 0.4) is 0 Å². The third kappa shape index (κ3) is 5.08. The Balaban J connectivity index is 1.65. The number of halogens is 5. The Labute approximate surface area is 217 Å². The number of carbonyl (C=O) groups excluding carboxylic acids is 2. The second-order valence-electron chi connectivity index (χ2n) is 9.58. The number of para-hydroxylation sites is 1. The van der Waals surface area contributed by atoms with Crippen molar-refractivity contribution in [2.45, 2.75) is 50.5 Å². The van der Waals surface area contributed by atoms with Crippen LogP contribution in [0.2, 0.25) is 0 Å². The van der Waals surface area contributed by atoms with Crippen LogP contribution in [0.25, 0.3) is 0 Å². The number of carbonyl (C=O) groups is 2. The van der Waals surface area contributed by atoms with E-state index in [1.165, 1.54) is 37.3 Å². The van der Waals surface area contributed by atoms with E-state index < -0.39 is 35.6 Å². The molecule has 1 N–H and O–H groups in total. The highest BCUT2D eigenvalue weighted by Gasteiger charge is 2.64. The molecule has 4 rings (SSSR count). The predicted octanol–water partition coefficient (Wildman–Crippen LogP) is 4.99. The highest BCUT2D eigenvalue weighted by atomic mass is 19.4. The molecule has 2 fully saturated rings. The zero-order valence-corrected chi connectivity index (χ0v) is 20.8. The molecule has 6 nitrogen and oxygen atoms in total. The summed E-state index contributed by atoms with van der Waals surface area (Å²) in [6.07, 6.45) is -4.57. The van der Waals surface area contributed by atoms with E-state index in [0.29, 0.717) is 5.56 Å². The minimum absolute atomic E-state index is 0.0157. The summed E-state index contributed by atoms with van der Waals surface area (Å²) in [5.74, 6) is -1.90. The van der Waals surface area contributed by atoms with Gasteiger partial charge in [0.25, 0.3) is 11.5 Å². The van der Waals surface area contributed by atoms with Gasteiger partial charge in [0.2, 0.25) is 5.91 Å². The molecule has 0 radical (unpaired) electrons. The van der Waals surface area contributed by atoms with Gasteiger partial charge in [-0.05, 0) is 36.8 Å². The molecular formula is C27H29F5N2O4. The molecule has 206 valence electrons. The summed E-state index contributed by atoms with van der Waals surface area (Å²) in [7, 11) is 0. The van der Waals surface area contributed by atoms with Gasteiger partial charge in [0.1, 0.15) is 5.75 Å². The van der Waals surface area contributed by atoms with Crippen LogP contribution >= 0.6 is 0 Å². The number of nitrogens with zero attached hydrogens (tertiary/aromatic N) is 1. The van der Waals surface area contributed by atoms with Crippen molar-refractivity contribution in [3.63, 3.8) is 0 Å². The van der Waals surface area contributed by atoms with Crippen LogP contribution in [0.5, 0.6) is 5.75 Å². The minimum Gasteiger partial charge on any atom is -0.435 e. The molecule has 11 heteroatoms. The van der Waals surface area contributed by atoms with E-state index in [9.17, 15) is 31.5 Å². The van der Waals surface area contributed by atoms with E-state index in [1.54, 1.807) is 24.3 Å². The molecule has 0 aliphatic carbocycles. The van der Waals surface area contributed by atoms with Crippen LogP contribution in [-0.4, -0.2) is 55.7 Å². The molecule has 0 aromatic heterocycles. The number of benzene rings is 2. The van der Waals surface area contributed by atoms with Crippen LogP contribution in [0.15, 0.2) is 54.6 Å². The fourth-order valence-electron chi connectivity index (χ4n) is 5.78. The van der Waals surface area contributed by atoms with Crippen molar-refractivity contribution in [1.82, 2.24) is 10.2 Å². The predicted molar refractivity (Wildman–Crippen MR) is 127 cm³/mol. The number of ether oxygens (including phenoxy) is 2. The molecule has 2 aliphatic rings. The average Bonchev–Trinajstić information content (AvgIpc) is 2.87. The Hall–Kier alpha value is -3.21. The number of alkyl halides is 5. The van der Waals surface area contributed by atoms with Gasteiger partial charge in [-0.15, -0.1) is 0 Å². The minimum atomic E-state index is -5.03. The number of hydrogen-bond donors (Lipinski definition) is 1. The van der Waals surface area contributed by atoms with Crippen LogP contribution in [0, 0.1) is 5.41 Å². The van der Waals surface area contributed by atoms with Crippen molar-refractivity contribution in [1.29, 1.82) is 0 Å². The Morgan fingerprint density at radius 3 is 2.32 bits per heavy atom. The fraction of sp³-hybridized carbons (Fsp3) is 0.481. The van der Waals surface area contributed by atoms with Crippen molar-refractivity contribution in [2.24, 2.45) is 5.41 Å². The fourth-order valence-corrected chi connectivity index (χ4v) is 5.78. The monoisotopic (exact) mass is 540 g/mol. The first-order valence-electron chi connectivity index (χ1n) is 12.4. The molecule has 1 spiro atoms. The molecule has 2 amide bonds. The van der Waals surface area contributed by atoms with Crippen molar-refractivity contribution < 1.29 is 41.0 Å². The summed E-state index contributed by atoms with van der Waals surface area (Å²) in [5.41, 5.74) is -3.75. The standard InChI is InChI=1S/C27H29F5N2O4/c1-2-37-26(27(30,31)32,18-8-4-3-5-9-18)23(36)34-14-12-25(13-15-34)16-22(35)33-17-20(25)19-10-6-7-11-21(19)38-24(28)29/h3-11,20,24H,2,12-17H2,1H3,(H,33,35)/t20?,26-/m1/s1. The van der Waals surface area contributed by atoms with Gasteiger partial charge in [-0.3, -0.25) is 9.59 Å². The summed E-state index contributed by atoms with van der Waals surface area (Å²) in [4.78, 5) is 27.2. The maximum atomic E-state index is 14.6. The lowest BCUT2D eigenvalue weighted by Crippen LogP contribution is -2.60. The van der Waals surface area contributed by atoms with Crippen molar-refractivity contribution in [3.05, 3.63) is 65.7 Å². The first-order valence-corrected chi connectivity index (χ1v) is 12.4. The van der Waals surface area contributed by atoms with Crippen LogP contribution in [0.1, 0.15) is 43.2 Å². The highest BCUT2D eigenvalue weighted by Crippen LogP contribution is 2.52. The lowest BCUT2D eigenvalue weighted by atomic mass is 9.62. The molecule has 0 bridgehead atoms. The zero-order chi connectivity index (χ0) is 27.6. The van der Waals surface area contributed by atoms with Gasteiger partial charge in [0.05, 0.1) is 0 Å². The molecule has 2 aromatic rings. The largest absolute Gasteiger partial charge is 0.435 e. The first-order chi connectivity index (χ1) is 18.0. The summed E-state index contributed by atoms with van der Waals surface area (Å²) >= 11 is 0. The number of rotatable bonds is 7. The lowest BCUT2D eigenvalue weighted by Gasteiger charge is -2.50. The van der Waals surface area contributed by atoms with E-state index in [-0.39, 0.29) is 62.7 Å². The topological polar surface area (TPSA) is 67.9 Å². The number of hydrogen-bond acceptors (Lipinski definition) is 4. The van der Waals surface area contributed by atoms with E-state index >= 15 is 0 Å². The van der Waals surface area contributed by atoms with Gasteiger partial charge in [-0.25, -0.2) is 0 Å². The summed E-state index contributed by atoms with van der Waals surface area (Å²) in [6.45, 7) is -1.95. The van der Waals surface area contributed by atoms with Crippen molar-refractivity contribution >= 4 is 11.8 Å². The smallest absolute Gasteiger partial charge is 0.430 e. The third-order valence-electron chi connectivity index (χ3n) is 7.55. The summed E-state index contributed by atoms with van der Waals surface area (Å²) in [5, 5.41) is 2.77. The van der Waals surface area contributed by atoms with Crippen LogP contribution in [-0.2, 0) is 19.9 Å². The van der Waals surface area contributed by atoms with E-state index in [1.807, 2.05) is 0 Å². The Morgan fingerprint density at radius 1 is 1.08 bits per heavy atom. The lowest BCUT2D eigenvalue weighted by molar-refractivity contribution is -0.277. The molecular weight excluding hydrogens is 511 g/mol. The van der Waals surface area contributed by atoms with Gasteiger partial charge in [0, 0.05) is 44.1 Å². The molecule has 38 heavy (non-hydrogen) atoms. The Kier molecular flexibility index (Phi) is 7.96. The zero-order valence-electron chi connectivity index (χ0n) is 20.8. The maximum Gasteiger partial charge on any atom is 0.430 e. The average molecular weight is 541 g/mol. The van der Waals surface area contributed by atoms with Gasteiger partial charge in [-0.2, -0.15) is 22.0 Å². The van der Waals surface area contributed by atoms with Gasteiger partial charge in [-0.1, -0.05) is 48.5 Å². The molecule has 2 aliphatic heterocycles. The van der Waals surface area contributed by atoms with Crippen molar-refractivity contribution in [2.75, 3.05) is 26.2 Å². The van der Waals surface area contributed by atoms with E-state index in [2.05, 4.69) is 5.32 Å². The maximum absolute atomic E-state index is 14.6. The second-order valence-corrected chi connectivity index (χ2v) is 9.58. The summed E-state index contributed by atoms with van der Waals surface area (Å²) in [6, 6.07) is 13.1. The quantitative estimate of drug-likeness (QED) is 0.503. The molecule has 2 heterocycles.